The van der Waals surface area contributed by atoms with Crippen molar-refractivity contribution in [3.63, 3.8) is 0 Å². The van der Waals surface area contributed by atoms with Crippen LogP contribution in [0.2, 0.25) is 0 Å². The van der Waals surface area contributed by atoms with Crippen LogP contribution in [-0.4, -0.2) is 4.92 Å². The van der Waals surface area contributed by atoms with Crippen molar-refractivity contribution >= 4 is 27.3 Å². The molecule has 0 spiro atoms. The Morgan fingerprint density at radius 2 is 2.05 bits per heavy atom. The van der Waals surface area contributed by atoms with E-state index < -0.39 is 0 Å². The molecule has 0 aliphatic rings. The summed E-state index contributed by atoms with van der Waals surface area (Å²) in [4.78, 5) is 10.7. The Bertz CT molecular complexity index is 658. The maximum absolute atomic E-state index is 11.0. The monoisotopic (exact) mass is 348 g/mol. The third kappa shape index (κ3) is 3.82. The lowest BCUT2D eigenvalue weighted by Crippen LogP contribution is -2.10. The molecule has 0 aliphatic heterocycles. The zero-order valence-electron chi connectivity index (χ0n) is 12.0. The van der Waals surface area contributed by atoms with E-state index in [2.05, 4.69) is 40.3 Å². The molecule has 2 aromatic rings. The van der Waals surface area contributed by atoms with Crippen molar-refractivity contribution in [3.8, 4) is 0 Å². The van der Waals surface area contributed by atoms with Crippen LogP contribution in [0.5, 0.6) is 0 Å². The summed E-state index contributed by atoms with van der Waals surface area (Å²) in [5.41, 5.74) is 2.72. The second-order valence-electron chi connectivity index (χ2n) is 4.92. The lowest BCUT2D eigenvalue weighted by molar-refractivity contribution is -0.385. The molecule has 1 unspecified atom stereocenters. The van der Waals surface area contributed by atoms with Crippen molar-refractivity contribution in [1.82, 2.24) is 0 Å². The van der Waals surface area contributed by atoms with Crippen LogP contribution in [0, 0.1) is 17.0 Å². The average Bonchev–Trinajstić information content (AvgIpc) is 2.46. The summed E-state index contributed by atoms with van der Waals surface area (Å²) in [6.45, 7) is 3.83. The summed E-state index contributed by atoms with van der Waals surface area (Å²) in [6.07, 6.45) is 0.887. The van der Waals surface area contributed by atoms with Gasteiger partial charge in [-0.2, -0.15) is 0 Å². The smallest absolute Gasteiger partial charge is 0.274 e. The highest BCUT2D eigenvalue weighted by atomic mass is 79.9. The molecule has 2 aromatic carbocycles. The van der Waals surface area contributed by atoms with Gasteiger partial charge in [0, 0.05) is 21.8 Å². The van der Waals surface area contributed by atoms with Gasteiger partial charge in [0.2, 0.25) is 0 Å². The summed E-state index contributed by atoms with van der Waals surface area (Å²) < 4.78 is 1.02. The first-order valence-corrected chi connectivity index (χ1v) is 7.57. The Morgan fingerprint density at radius 1 is 1.29 bits per heavy atom. The van der Waals surface area contributed by atoms with Crippen LogP contribution in [0.15, 0.2) is 46.9 Å². The maximum Gasteiger partial charge on any atom is 0.274 e. The molecular weight excluding hydrogens is 332 g/mol. The van der Waals surface area contributed by atoms with E-state index in [0.717, 1.165) is 22.1 Å². The van der Waals surface area contributed by atoms with Crippen LogP contribution in [0.4, 0.5) is 11.4 Å². The fourth-order valence-electron chi connectivity index (χ4n) is 2.24. The molecule has 1 N–H and O–H groups in total. The molecule has 1 atom stereocenters. The molecule has 0 fully saturated rings. The first-order valence-electron chi connectivity index (χ1n) is 6.78. The number of nitrogens with zero attached hydrogens (tertiary/aromatic N) is 1. The molecule has 4 nitrogen and oxygen atoms in total. The summed E-state index contributed by atoms with van der Waals surface area (Å²) >= 11 is 3.47. The quantitative estimate of drug-likeness (QED) is 0.594. The van der Waals surface area contributed by atoms with Gasteiger partial charge in [0.05, 0.1) is 11.0 Å². The molecule has 0 saturated carbocycles. The number of hydrogen-bond acceptors (Lipinski definition) is 3. The Morgan fingerprint density at radius 3 is 2.67 bits per heavy atom. The van der Waals surface area contributed by atoms with Gasteiger partial charge < -0.3 is 5.32 Å². The predicted molar refractivity (Wildman–Crippen MR) is 88.6 cm³/mol. The summed E-state index contributed by atoms with van der Waals surface area (Å²) in [5, 5.41) is 14.4. The number of hydrogen-bond donors (Lipinski definition) is 1. The van der Waals surface area contributed by atoms with Gasteiger partial charge in [-0.15, -0.1) is 0 Å². The van der Waals surface area contributed by atoms with Crippen molar-refractivity contribution < 1.29 is 4.92 Å². The highest BCUT2D eigenvalue weighted by molar-refractivity contribution is 9.10. The van der Waals surface area contributed by atoms with Gasteiger partial charge in [0.25, 0.3) is 5.69 Å². The molecule has 0 amide bonds. The topological polar surface area (TPSA) is 55.2 Å². The molecule has 0 bridgehead atoms. The zero-order chi connectivity index (χ0) is 15.4. The first kappa shape index (κ1) is 15.5. The van der Waals surface area contributed by atoms with Crippen LogP contribution < -0.4 is 5.32 Å². The minimum absolute atomic E-state index is 0.116. The van der Waals surface area contributed by atoms with E-state index >= 15 is 0 Å². The third-order valence-corrected chi connectivity index (χ3v) is 3.90. The number of nitrogens with one attached hydrogen (secondary N) is 1. The normalized spacial score (nSPS) is 12.0. The van der Waals surface area contributed by atoms with Crippen molar-refractivity contribution in [3.05, 3.63) is 68.2 Å². The lowest BCUT2D eigenvalue weighted by Gasteiger charge is -2.19. The van der Waals surface area contributed by atoms with E-state index in [9.17, 15) is 10.1 Å². The molecule has 0 heterocycles. The third-order valence-electron chi connectivity index (χ3n) is 3.41. The van der Waals surface area contributed by atoms with Gasteiger partial charge in [0.1, 0.15) is 0 Å². The number of benzene rings is 2. The minimum Gasteiger partial charge on any atom is -0.378 e. The second-order valence-corrected chi connectivity index (χ2v) is 5.83. The van der Waals surface area contributed by atoms with Gasteiger partial charge in [0.15, 0.2) is 0 Å². The van der Waals surface area contributed by atoms with Crippen LogP contribution in [0.1, 0.15) is 30.5 Å². The van der Waals surface area contributed by atoms with Crippen LogP contribution >= 0.6 is 15.9 Å². The molecule has 110 valence electrons. The largest absolute Gasteiger partial charge is 0.378 e. The Hall–Kier alpha value is -1.88. The van der Waals surface area contributed by atoms with Gasteiger partial charge >= 0.3 is 0 Å². The molecule has 21 heavy (non-hydrogen) atoms. The summed E-state index contributed by atoms with van der Waals surface area (Å²) in [7, 11) is 0. The lowest BCUT2D eigenvalue weighted by atomic mass is 10.0. The number of aryl methyl sites for hydroxylation is 1. The number of nitro groups is 1. The van der Waals surface area contributed by atoms with E-state index in [4.69, 9.17) is 0 Å². The summed E-state index contributed by atoms with van der Waals surface area (Å²) in [6, 6.07) is 13.4. The van der Waals surface area contributed by atoms with E-state index in [-0.39, 0.29) is 16.7 Å². The van der Waals surface area contributed by atoms with Crippen LogP contribution in [0.3, 0.4) is 0 Å². The van der Waals surface area contributed by atoms with E-state index in [1.165, 1.54) is 0 Å². The Balaban J connectivity index is 2.27. The first-order chi connectivity index (χ1) is 10.0. The predicted octanol–water partition coefficient (Wildman–Crippen LogP) is 5.23. The minimum atomic E-state index is -0.347. The number of halogens is 1. The molecule has 0 aliphatic carbocycles. The summed E-state index contributed by atoms with van der Waals surface area (Å²) in [5.74, 6) is 0. The van der Waals surface area contributed by atoms with Crippen molar-refractivity contribution in [2.45, 2.75) is 26.3 Å². The zero-order valence-corrected chi connectivity index (χ0v) is 13.6. The molecular formula is C16H17BrN2O2. The second kappa shape index (κ2) is 6.72. The van der Waals surface area contributed by atoms with E-state index in [1.54, 1.807) is 19.1 Å². The molecule has 0 radical (unpaired) electrons. The number of anilines is 1. The fraction of sp³-hybridized carbons (Fsp3) is 0.250. The Kier molecular flexibility index (Phi) is 4.96. The van der Waals surface area contributed by atoms with Gasteiger partial charge in [-0.05, 0) is 37.1 Å². The SMILES string of the molecule is CCC(Nc1ccc(C)c([N+](=O)[O-])c1)c1cccc(Br)c1. The van der Waals surface area contributed by atoms with Gasteiger partial charge in [-0.1, -0.05) is 41.1 Å². The highest BCUT2D eigenvalue weighted by Crippen LogP contribution is 2.28. The maximum atomic E-state index is 11.0. The molecule has 0 saturated heterocycles. The Labute approximate surface area is 132 Å². The fourth-order valence-corrected chi connectivity index (χ4v) is 2.66. The van der Waals surface area contributed by atoms with Crippen LogP contribution in [0.25, 0.3) is 0 Å². The number of rotatable bonds is 5. The molecule has 2 rings (SSSR count). The highest BCUT2D eigenvalue weighted by Gasteiger charge is 2.14. The molecule has 0 aromatic heterocycles. The standard InChI is InChI=1S/C16H17BrN2O2/c1-3-15(12-5-4-6-13(17)9-12)18-14-8-7-11(2)16(10-14)19(20)21/h4-10,15,18H,3H2,1-2H3. The van der Waals surface area contributed by atoms with Crippen molar-refractivity contribution in [2.75, 3.05) is 5.32 Å². The van der Waals surface area contributed by atoms with Crippen molar-refractivity contribution in [2.24, 2.45) is 0 Å². The average molecular weight is 349 g/mol. The van der Waals surface area contributed by atoms with E-state index in [1.807, 2.05) is 18.2 Å². The number of nitro benzene ring substituents is 1. The van der Waals surface area contributed by atoms with Crippen LogP contribution in [-0.2, 0) is 0 Å². The van der Waals surface area contributed by atoms with Crippen molar-refractivity contribution in [1.29, 1.82) is 0 Å². The van der Waals surface area contributed by atoms with E-state index in [0.29, 0.717) is 5.56 Å². The van der Waals surface area contributed by atoms with Gasteiger partial charge in [-0.3, -0.25) is 10.1 Å². The molecule has 5 heteroatoms. The van der Waals surface area contributed by atoms with Gasteiger partial charge in [-0.25, -0.2) is 0 Å².